The smallest absolute Gasteiger partial charge is 0.255 e. The molecule has 26 heavy (non-hydrogen) atoms. The summed E-state index contributed by atoms with van der Waals surface area (Å²) in [4.78, 5) is 37.8. The van der Waals surface area contributed by atoms with E-state index in [0.717, 1.165) is 11.1 Å². The lowest BCUT2D eigenvalue weighted by atomic mass is 10.0. The SMILES string of the molecule is COC[C@H](N)CNCc1cccc2c1CN(C1CCC(=O)NC1=O)C2=O. The first kappa shape index (κ1) is 18.5. The lowest BCUT2D eigenvalue weighted by Crippen LogP contribution is -2.52. The number of carbonyl (C=O) groups excluding carboxylic acids is 3. The van der Waals surface area contributed by atoms with Crippen LogP contribution >= 0.6 is 0 Å². The zero-order valence-corrected chi connectivity index (χ0v) is 14.8. The predicted octanol–water partition coefficient (Wildman–Crippen LogP) is -0.489. The summed E-state index contributed by atoms with van der Waals surface area (Å²) in [6, 6.07) is 4.90. The second-order valence-corrected chi connectivity index (χ2v) is 6.69. The summed E-state index contributed by atoms with van der Waals surface area (Å²) >= 11 is 0. The number of hydrogen-bond donors (Lipinski definition) is 3. The molecule has 0 aromatic heterocycles. The number of fused-ring (bicyclic) bond motifs is 1. The Kier molecular flexibility index (Phi) is 5.65. The minimum Gasteiger partial charge on any atom is -0.383 e. The third-order valence-corrected chi connectivity index (χ3v) is 4.78. The Morgan fingerprint density at radius 3 is 2.92 bits per heavy atom. The summed E-state index contributed by atoms with van der Waals surface area (Å²) in [5.41, 5.74) is 8.46. The molecule has 2 heterocycles. The molecule has 3 rings (SSSR count). The number of carbonyl (C=O) groups is 3. The van der Waals surface area contributed by atoms with E-state index in [4.69, 9.17) is 10.5 Å². The fraction of sp³-hybridized carbons (Fsp3) is 0.500. The van der Waals surface area contributed by atoms with Crippen molar-refractivity contribution in [3.8, 4) is 0 Å². The van der Waals surface area contributed by atoms with E-state index in [1.54, 1.807) is 18.1 Å². The third-order valence-electron chi connectivity index (χ3n) is 4.78. The molecule has 0 saturated carbocycles. The van der Waals surface area contributed by atoms with Crippen molar-refractivity contribution < 1.29 is 19.1 Å². The number of piperidine rings is 1. The van der Waals surface area contributed by atoms with Crippen LogP contribution in [0.25, 0.3) is 0 Å². The summed E-state index contributed by atoms with van der Waals surface area (Å²) in [6.07, 6.45) is 0.617. The molecule has 1 fully saturated rings. The summed E-state index contributed by atoms with van der Waals surface area (Å²) in [6.45, 7) is 2.03. The number of methoxy groups -OCH3 is 1. The van der Waals surface area contributed by atoms with Gasteiger partial charge in [-0.15, -0.1) is 0 Å². The number of amides is 3. The molecular weight excluding hydrogens is 336 g/mol. The van der Waals surface area contributed by atoms with Crippen molar-refractivity contribution in [2.75, 3.05) is 20.3 Å². The van der Waals surface area contributed by atoms with Crippen LogP contribution in [-0.4, -0.2) is 55.0 Å². The Labute approximate surface area is 152 Å². The van der Waals surface area contributed by atoms with Gasteiger partial charge in [0.2, 0.25) is 11.8 Å². The van der Waals surface area contributed by atoms with Gasteiger partial charge in [-0.1, -0.05) is 12.1 Å². The summed E-state index contributed by atoms with van der Waals surface area (Å²) in [5.74, 6) is -0.840. The van der Waals surface area contributed by atoms with E-state index in [0.29, 0.717) is 38.2 Å². The second kappa shape index (κ2) is 7.94. The van der Waals surface area contributed by atoms with Gasteiger partial charge < -0.3 is 20.7 Å². The van der Waals surface area contributed by atoms with E-state index in [1.165, 1.54) is 0 Å². The maximum atomic E-state index is 12.7. The summed E-state index contributed by atoms with van der Waals surface area (Å²) in [7, 11) is 1.61. The molecule has 2 aliphatic rings. The maximum Gasteiger partial charge on any atom is 0.255 e. The van der Waals surface area contributed by atoms with Crippen LogP contribution in [0.5, 0.6) is 0 Å². The zero-order valence-electron chi connectivity index (χ0n) is 14.8. The lowest BCUT2D eigenvalue weighted by Gasteiger charge is -2.29. The molecule has 1 aromatic rings. The van der Waals surface area contributed by atoms with E-state index in [2.05, 4.69) is 10.6 Å². The van der Waals surface area contributed by atoms with Crippen molar-refractivity contribution in [3.05, 3.63) is 34.9 Å². The average molecular weight is 360 g/mol. The van der Waals surface area contributed by atoms with Crippen molar-refractivity contribution in [2.45, 2.75) is 38.0 Å². The minimum atomic E-state index is -0.594. The molecule has 140 valence electrons. The van der Waals surface area contributed by atoms with Crippen molar-refractivity contribution in [1.82, 2.24) is 15.5 Å². The van der Waals surface area contributed by atoms with Gasteiger partial charge in [0.25, 0.3) is 5.91 Å². The van der Waals surface area contributed by atoms with Crippen molar-refractivity contribution in [3.63, 3.8) is 0 Å². The Morgan fingerprint density at radius 2 is 2.19 bits per heavy atom. The van der Waals surface area contributed by atoms with Gasteiger partial charge in [0, 0.05) is 44.8 Å². The van der Waals surface area contributed by atoms with E-state index >= 15 is 0 Å². The molecule has 0 bridgehead atoms. The molecule has 8 nitrogen and oxygen atoms in total. The van der Waals surface area contributed by atoms with Crippen LogP contribution in [0.3, 0.4) is 0 Å². The Morgan fingerprint density at radius 1 is 1.38 bits per heavy atom. The van der Waals surface area contributed by atoms with Crippen molar-refractivity contribution in [1.29, 1.82) is 0 Å². The first-order valence-electron chi connectivity index (χ1n) is 8.72. The number of nitrogens with two attached hydrogens (primary N) is 1. The Hall–Kier alpha value is -2.29. The van der Waals surface area contributed by atoms with Gasteiger partial charge in [-0.25, -0.2) is 0 Å². The number of benzene rings is 1. The number of nitrogens with one attached hydrogen (secondary N) is 2. The molecular formula is C18H24N4O4. The first-order chi connectivity index (χ1) is 12.5. The number of nitrogens with zero attached hydrogens (tertiary/aromatic N) is 1. The number of imide groups is 1. The van der Waals surface area contributed by atoms with Gasteiger partial charge >= 0.3 is 0 Å². The standard InChI is InChI=1S/C18H24N4O4/c1-26-10-12(19)8-20-7-11-3-2-4-13-14(11)9-22(18(13)25)15-5-6-16(23)21-17(15)24/h2-4,12,15,20H,5-10,19H2,1H3,(H,21,23,24)/t12-,15?/m1/s1. The second-order valence-electron chi connectivity index (χ2n) is 6.69. The normalized spacial score (nSPS) is 20.9. The first-order valence-corrected chi connectivity index (χ1v) is 8.72. The van der Waals surface area contributed by atoms with Crippen LogP contribution in [0.1, 0.15) is 34.3 Å². The highest BCUT2D eigenvalue weighted by Crippen LogP contribution is 2.29. The number of hydrogen-bond acceptors (Lipinski definition) is 6. The molecule has 1 unspecified atom stereocenters. The number of ether oxygens (including phenoxy) is 1. The average Bonchev–Trinajstić information content (AvgIpc) is 2.93. The van der Waals surface area contributed by atoms with Crippen LogP contribution in [0.4, 0.5) is 0 Å². The highest BCUT2D eigenvalue weighted by molar-refractivity contribution is 6.05. The van der Waals surface area contributed by atoms with Gasteiger partial charge in [-0.05, 0) is 23.6 Å². The van der Waals surface area contributed by atoms with Gasteiger partial charge in [0.05, 0.1) is 6.61 Å². The molecule has 1 saturated heterocycles. The fourth-order valence-corrected chi connectivity index (χ4v) is 3.48. The summed E-state index contributed by atoms with van der Waals surface area (Å²) < 4.78 is 5.02. The molecule has 4 N–H and O–H groups in total. The minimum absolute atomic E-state index is 0.0987. The third kappa shape index (κ3) is 3.77. The topological polar surface area (TPSA) is 114 Å². The van der Waals surface area contributed by atoms with Crippen molar-refractivity contribution >= 4 is 17.7 Å². The van der Waals surface area contributed by atoms with E-state index in [9.17, 15) is 14.4 Å². The maximum absolute atomic E-state index is 12.7. The monoisotopic (exact) mass is 360 g/mol. The predicted molar refractivity (Wildman–Crippen MR) is 94.0 cm³/mol. The Bertz CT molecular complexity index is 721. The molecule has 0 radical (unpaired) electrons. The largest absolute Gasteiger partial charge is 0.383 e. The molecule has 0 spiro atoms. The Balaban J connectivity index is 1.69. The molecule has 0 aliphatic carbocycles. The van der Waals surface area contributed by atoms with Crippen LogP contribution in [0, 0.1) is 0 Å². The van der Waals surface area contributed by atoms with E-state index in [1.807, 2.05) is 12.1 Å². The summed E-state index contributed by atoms with van der Waals surface area (Å²) in [5, 5.41) is 5.60. The molecule has 2 aliphatic heterocycles. The lowest BCUT2D eigenvalue weighted by molar-refractivity contribution is -0.136. The van der Waals surface area contributed by atoms with E-state index < -0.39 is 11.9 Å². The van der Waals surface area contributed by atoms with Crippen LogP contribution < -0.4 is 16.4 Å². The molecule has 2 atom stereocenters. The van der Waals surface area contributed by atoms with E-state index in [-0.39, 0.29) is 24.3 Å². The quantitative estimate of drug-likeness (QED) is 0.566. The van der Waals surface area contributed by atoms with Gasteiger partial charge in [0.1, 0.15) is 6.04 Å². The van der Waals surface area contributed by atoms with Crippen molar-refractivity contribution in [2.24, 2.45) is 5.73 Å². The molecule has 1 aromatic carbocycles. The van der Waals surface area contributed by atoms with Crippen LogP contribution in [-0.2, 0) is 27.4 Å². The zero-order chi connectivity index (χ0) is 18.7. The molecule has 8 heteroatoms. The highest BCUT2D eigenvalue weighted by atomic mass is 16.5. The van der Waals surface area contributed by atoms with Gasteiger partial charge in [0.15, 0.2) is 0 Å². The van der Waals surface area contributed by atoms with Crippen LogP contribution in [0.15, 0.2) is 18.2 Å². The molecule has 3 amide bonds. The van der Waals surface area contributed by atoms with Crippen LogP contribution in [0.2, 0.25) is 0 Å². The highest BCUT2D eigenvalue weighted by Gasteiger charge is 2.39. The number of rotatable bonds is 7. The fourth-order valence-electron chi connectivity index (χ4n) is 3.48. The van der Waals surface area contributed by atoms with Gasteiger partial charge in [-0.3, -0.25) is 19.7 Å². The van der Waals surface area contributed by atoms with Gasteiger partial charge in [-0.2, -0.15) is 0 Å².